The van der Waals surface area contributed by atoms with Gasteiger partial charge in [-0.25, -0.2) is 26.8 Å². The molecular formula is C23H24F4N8O3. The standard InChI is InChI=1S/C23H24F4N8O3/c1-38-21-20-14(13-2-3-15-16(10-13)34(32-30-15)9-6-18(24)25)4-8-35(20)31-22(29-21)28-17-5-7-33(19(37)11-36)12-23(17,26)27/h2-4,8,10,17-18,36H,5-7,9,11-12H2,1H3,(H,28,31)/t17-/m1/s1. The Labute approximate surface area is 213 Å². The van der Waals surface area contributed by atoms with E-state index in [0.29, 0.717) is 27.7 Å². The van der Waals surface area contributed by atoms with Crippen LogP contribution < -0.4 is 10.1 Å². The van der Waals surface area contributed by atoms with Crippen molar-refractivity contribution in [2.24, 2.45) is 0 Å². The Morgan fingerprint density at radius 3 is 2.84 bits per heavy atom. The topological polar surface area (TPSA) is 123 Å². The quantitative estimate of drug-likeness (QED) is 0.330. The lowest BCUT2D eigenvalue weighted by atomic mass is 10.0. The molecule has 1 saturated heterocycles. The van der Waals surface area contributed by atoms with Gasteiger partial charge in [0.05, 0.1) is 25.2 Å². The monoisotopic (exact) mass is 536 g/mol. The number of hydrogen-bond donors (Lipinski definition) is 2. The number of carbonyl (C=O) groups is 1. The molecule has 0 unspecified atom stereocenters. The van der Waals surface area contributed by atoms with Crippen LogP contribution in [0, 0.1) is 0 Å². The van der Waals surface area contributed by atoms with Crippen LogP contribution in [0.15, 0.2) is 30.5 Å². The Morgan fingerprint density at radius 1 is 1.32 bits per heavy atom. The second kappa shape index (κ2) is 10.0. The Bertz CT molecular complexity index is 1470. The van der Waals surface area contributed by atoms with Crippen molar-refractivity contribution in [3.05, 3.63) is 30.5 Å². The molecule has 2 N–H and O–H groups in total. The van der Waals surface area contributed by atoms with Crippen LogP contribution in [-0.4, -0.2) is 90.7 Å². The van der Waals surface area contributed by atoms with Crippen LogP contribution in [0.1, 0.15) is 12.8 Å². The van der Waals surface area contributed by atoms with E-state index in [4.69, 9.17) is 9.84 Å². The van der Waals surface area contributed by atoms with Gasteiger partial charge in [0.2, 0.25) is 24.2 Å². The Morgan fingerprint density at radius 2 is 2.13 bits per heavy atom. The molecule has 1 aliphatic rings. The number of aliphatic hydroxyl groups is 1. The summed E-state index contributed by atoms with van der Waals surface area (Å²) in [4.78, 5) is 16.9. The van der Waals surface area contributed by atoms with Crippen LogP contribution in [0.3, 0.4) is 0 Å². The maximum atomic E-state index is 14.8. The van der Waals surface area contributed by atoms with Crippen LogP contribution in [0.5, 0.6) is 5.88 Å². The minimum Gasteiger partial charge on any atom is -0.479 e. The summed E-state index contributed by atoms with van der Waals surface area (Å²) in [6.45, 7) is -1.61. The summed E-state index contributed by atoms with van der Waals surface area (Å²) in [7, 11) is 1.39. The smallest absolute Gasteiger partial charge is 0.285 e. The molecule has 0 saturated carbocycles. The van der Waals surface area contributed by atoms with E-state index in [9.17, 15) is 22.4 Å². The number of methoxy groups -OCH3 is 1. The van der Waals surface area contributed by atoms with Crippen LogP contribution in [0.25, 0.3) is 27.7 Å². The molecule has 11 nitrogen and oxygen atoms in total. The van der Waals surface area contributed by atoms with Crippen LogP contribution in [0.4, 0.5) is 23.5 Å². The highest BCUT2D eigenvalue weighted by atomic mass is 19.3. The van der Waals surface area contributed by atoms with E-state index in [-0.39, 0.29) is 37.8 Å². The number of amides is 1. The predicted octanol–water partition coefficient (Wildman–Crippen LogP) is 2.45. The Kier molecular flexibility index (Phi) is 6.77. The molecule has 1 amide bonds. The molecular weight excluding hydrogens is 512 g/mol. The highest BCUT2D eigenvalue weighted by Crippen LogP contribution is 2.34. The number of aromatic nitrogens is 6. The first-order chi connectivity index (χ1) is 18.2. The lowest BCUT2D eigenvalue weighted by Crippen LogP contribution is -2.56. The molecule has 202 valence electrons. The van der Waals surface area contributed by atoms with Gasteiger partial charge in [0.15, 0.2) is 0 Å². The third-order valence-corrected chi connectivity index (χ3v) is 6.45. The van der Waals surface area contributed by atoms with Crippen molar-refractivity contribution < 1.29 is 32.2 Å². The molecule has 1 aliphatic heterocycles. The maximum Gasteiger partial charge on any atom is 0.285 e. The highest BCUT2D eigenvalue weighted by Gasteiger charge is 2.46. The number of benzene rings is 1. The van der Waals surface area contributed by atoms with Gasteiger partial charge >= 0.3 is 0 Å². The highest BCUT2D eigenvalue weighted by molar-refractivity contribution is 5.89. The molecule has 38 heavy (non-hydrogen) atoms. The number of nitrogens with one attached hydrogen (secondary N) is 1. The number of piperidine rings is 1. The van der Waals surface area contributed by atoms with Gasteiger partial charge < -0.3 is 20.1 Å². The van der Waals surface area contributed by atoms with E-state index in [1.807, 2.05) is 0 Å². The summed E-state index contributed by atoms with van der Waals surface area (Å²) >= 11 is 0. The number of hydrogen-bond acceptors (Lipinski definition) is 8. The number of likely N-dealkylation sites (tertiary alicyclic amines) is 1. The first-order valence-electron chi connectivity index (χ1n) is 11.8. The van der Waals surface area contributed by atoms with Crippen molar-refractivity contribution in [1.82, 2.24) is 34.5 Å². The molecule has 4 heterocycles. The number of carbonyl (C=O) groups excluding carboxylic acids is 1. The van der Waals surface area contributed by atoms with Gasteiger partial charge in [0, 0.05) is 31.3 Å². The number of aryl methyl sites for hydroxylation is 1. The van der Waals surface area contributed by atoms with Crippen LogP contribution in [0.2, 0.25) is 0 Å². The number of anilines is 1. The molecule has 4 aromatic rings. The number of nitrogens with zero attached hydrogens (tertiary/aromatic N) is 7. The van der Waals surface area contributed by atoms with Gasteiger partial charge in [-0.1, -0.05) is 11.3 Å². The maximum absolute atomic E-state index is 14.8. The molecule has 15 heteroatoms. The lowest BCUT2D eigenvalue weighted by molar-refractivity contribution is -0.145. The Hall–Kier alpha value is -4.01. The second-order valence-electron chi connectivity index (χ2n) is 8.88. The van der Waals surface area contributed by atoms with Crippen molar-refractivity contribution in [3.8, 4) is 17.0 Å². The van der Waals surface area contributed by atoms with Crippen molar-refractivity contribution in [2.75, 3.05) is 32.1 Å². The summed E-state index contributed by atoms with van der Waals surface area (Å²) in [5.74, 6) is -4.00. The number of alkyl halides is 4. The zero-order valence-electron chi connectivity index (χ0n) is 20.2. The van der Waals surface area contributed by atoms with E-state index in [0.717, 1.165) is 4.90 Å². The molecule has 0 spiro atoms. The van der Waals surface area contributed by atoms with E-state index >= 15 is 0 Å². The zero-order valence-corrected chi connectivity index (χ0v) is 20.2. The van der Waals surface area contributed by atoms with Gasteiger partial charge in [-0.2, -0.15) is 4.98 Å². The number of rotatable bonds is 8. The van der Waals surface area contributed by atoms with E-state index < -0.39 is 37.4 Å². The summed E-state index contributed by atoms with van der Waals surface area (Å²) in [5, 5.41) is 23.9. The largest absolute Gasteiger partial charge is 0.479 e. The number of fused-ring (bicyclic) bond motifs is 2. The second-order valence-corrected chi connectivity index (χ2v) is 8.88. The van der Waals surface area contributed by atoms with Gasteiger partial charge in [-0.05, 0) is 30.2 Å². The van der Waals surface area contributed by atoms with E-state index in [1.54, 1.807) is 30.5 Å². The average molecular weight is 536 g/mol. The van der Waals surface area contributed by atoms with Crippen molar-refractivity contribution >= 4 is 28.4 Å². The Balaban J connectivity index is 1.44. The third-order valence-electron chi connectivity index (χ3n) is 6.45. The minimum atomic E-state index is -3.28. The van der Waals surface area contributed by atoms with Gasteiger partial charge in [0.25, 0.3) is 5.92 Å². The van der Waals surface area contributed by atoms with E-state index in [1.165, 1.54) is 16.3 Å². The van der Waals surface area contributed by atoms with Crippen molar-refractivity contribution in [2.45, 2.75) is 37.8 Å². The molecule has 3 aromatic heterocycles. The molecule has 1 atom stereocenters. The number of halogens is 4. The molecule has 0 radical (unpaired) electrons. The zero-order chi connectivity index (χ0) is 27.0. The minimum absolute atomic E-state index is 0.00725. The summed E-state index contributed by atoms with van der Waals surface area (Å²) in [6.07, 6.45) is -1.28. The van der Waals surface area contributed by atoms with Gasteiger partial charge in [-0.15, -0.1) is 10.2 Å². The summed E-state index contributed by atoms with van der Waals surface area (Å²) in [6, 6.07) is 5.68. The molecule has 0 aliphatic carbocycles. The van der Waals surface area contributed by atoms with Gasteiger partial charge in [0.1, 0.15) is 17.6 Å². The predicted molar refractivity (Wildman–Crippen MR) is 127 cm³/mol. The molecule has 5 rings (SSSR count). The first-order valence-corrected chi connectivity index (χ1v) is 11.8. The number of ether oxygens (including phenoxy) is 1. The first kappa shape index (κ1) is 25.6. The molecule has 1 aromatic carbocycles. The van der Waals surface area contributed by atoms with Crippen LogP contribution >= 0.6 is 0 Å². The number of aliphatic hydroxyl groups excluding tert-OH is 1. The average Bonchev–Trinajstić information content (AvgIpc) is 3.51. The fourth-order valence-corrected chi connectivity index (χ4v) is 4.53. The van der Waals surface area contributed by atoms with E-state index in [2.05, 4.69) is 25.7 Å². The van der Waals surface area contributed by atoms with Crippen molar-refractivity contribution in [1.29, 1.82) is 0 Å². The summed E-state index contributed by atoms with van der Waals surface area (Å²) < 4.78 is 63.3. The normalized spacial score (nSPS) is 17.4. The SMILES string of the molecule is COc1nc(N[C@@H]2CCN(C(=O)CO)CC2(F)F)nn2ccc(-c3ccc4nnn(CCC(F)F)c4c3)c12. The molecule has 0 bridgehead atoms. The third kappa shape index (κ3) is 4.80. The molecule has 1 fully saturated rings. The lowest BCUT2D eigenvalue weighted by Gasteiger charge is -2.38. The summed E-state index contributed by atoms with van der Waals surface area (Å²) in [5.41, 5.74) is 2.97. The van der Waals surface area contributed by atoms with Crippen molar-refractivity contribution in [3.63, 3.8) is 0 Å². The fraction of sp³-hybridized carbons (Fsp3) is 0.435. The van der Waals surface area contributed by atoms with Crippen LogP contribution in [-0.2, 0) is 11.3 Å². The van der Waals surface area contributed by atoms with Gasteiger partial charge in [-0.3, -0.25) is 4.79 Å². The fourth-order valence-electron chi connectivity index (χ4n) is 4.53.